The number of hydrogen-bond acceptors (Lipinski definition) is 7. The molecule has 1 heterocycles. The van der Waals surface area contributed by atoms with Gasteiger partial charge in [-0.25, -0.2) is 14.5 Å². The maximum atomic E-state index is 13.2. The summed E-state index contributed by atoms with van der Waals surface area (Å²) >= 11 is 0. The van der Waals surface area contributed by atoms with Crippen molar-refractivity contribution in [3.05, 3.63) is 132 Å². The van der Waals surface area contributed by atoms with Crippen LogP contribution in [0.3, 0.4) is 0 Å². The molecule has 0 saturated carbocycles. The highest BCUT2D eigenvalue weighted by Gasteiger charge is 2.22. The van der Waals surface area contributed by atoms with Crippen LogP contribution in [0.25, 0.3) is 11.4 Å². The van der Waals surface area contributed by atoms with Crippen LogP contribution < -0.4 is 10.1 Å². The van der Waals surface area contributed by atoms with Gasteiger partial charge in [-0.2, -0.15) is 5.10 Å². The SMILES string of the molecule is COC(=O)[C@H](Cc1ccc(OCCn2nc(-c3ccccc3)nc2C)cc1)Nc1ccccc1C(=O)c1ccccc1. The largest absolute Gasteiger partial charge is 0.492 e. The van der Waals surface area contributed by atoms with Gasteiger partial charge in [0.25, 0.3) is 0 Å². The number of para-hydroxylation sites is 1. The number of ketones is 1. The third-order valence-electron chi connectivity index (χ3n) is 6.85. The molecule has 0 saturated heterocycles. The van der Waals surface area contributed by atoms with E-state index >= 15 is 0 Å². The average Bonchev–Trinajstić information content (AvgIpc) is 3.42. The van der Waals surface area contributed by atoms with Crippen LogP contribution >= 0.6 is 0 Å². The second-order valence-corrected chi connectivity index (χ2v) is 9.73. The lowest BCUT2D eigenvalue weighted by Crippen LogP contribution is -2.33. The van der Waals surface area contributed by atoms with Gasteiger partial charge >= 0.3 is 5.97 Å². The molecular weight excluding hydrogens is 528 g/mol. The second-order valence-electron chi connectivity index (χ2n) is 9.73. The van der Waals surface area contributed by atoms with Gasteiger partial charge in [-0.3, -0.25) is 4.79 Å². The number of carbonyl (C=O) groups is 2. The molecular formula is C34H32N4O4. The number of methoxy groups -OCH3 is 1. The third kappa shape index (κ3) is 6.90. The Bertz CT molecular complexity index is 1630. The van der Waals surface area contributed by atoms with Gasteiger partial charge in [0.1, 0.15) is 24.2 Å². The summed E-state index contributed by atoms with van der Waals surface area (Å²) in [6.07, 6.45) is 0.362. The summed E-state index contributed by atoms with van der Waals surface area (Å²) < 4.78 is 12.9. The van der Waals surface area contributed by atoms with Crippen LogP contribution in [0.2, 0.25) is 0 Å². The minimum atomic E-state index is -0.694. The predicted molar refractivity (Wildman–Crippen MR) is 162 cm³/mol. The molecule has 1 atom stereocenters. The van der Waals surface area contributed by atoms with E-state index in [1.165, 1.54) is 7.11 Å². The van der Waals surface area contributed by atoms with E-state index in [9.17, 15) is 9.59 Å². The first-order valence-corrected chi connectivity index (χ1v) is 13.7. The van der Waals surface area contributed by atoms with Gasteiger partial charge in [0.15, 0.2) is 11.6 Å². The highest BCUT2D eigenvalue weighted by molar-refractivity contribution is 6.12. The predicted octanol–water partition coefficient (Wildman–Crippen LogP) is 5.76. The first-order valence-electron chi connectivity index (χ1n) is 13.7. The van der Waals surface area contributed by atoms with Crippen LogP contribution in [-0.4, -0.2) is 46.3 Å². The molecule has 0 aliphatic heterocycles. The van der Waals surface area contributed by atoms with E-state index in [-0.39, 0.29) is 5.78 Å². The van der Waals surface area contributed by atoms with Gasteiger partial charge in [0.2, 0.25) is 0 Å². The summed E-state index contributed by atoms with van der Waals surface area (Å²) in [6.45, 7) is 2.91. The Morgan fingerprint density at radius 1 is 0.857 bits per heavy atom. The highest BCUT2D eigenvalue weighted by Crippen LogP contribution is 2.22. The monoisotopic (exact) mass is 560 g/mol. The minimum Gasteiger partial charge on any atom is -0.492 e. The number of nitrogens with one attached hydrogen (secondary N) is 1. The summed E-state index contributed by atoms with van der Waals surface area (Å²) in [6, 6.07) is 33.0. The fourth-order valence-electron chi connectivity index (χ4n) is 4.62. The van der Waals surface area contributed by atoms with Crippen molar-refractivity contribution in [3.8, 4) is 17.1 Å². The Kier molecular flexibility index (Phi) is 9.03. The quantitative estimate of drug-likeness (QED) is 0.153. The topological polar surface area (TPSA) is 95.3 Å². The first-order chi connectivity index (χ1) is 20.5. The van der Waals surface area contributed by atoms with Crippen molar-refractivity contribution in [2.75, 3.05) is 19.0 Å². The maximum absolute atomic E-state index is 13.2. The van der Waals surface area contributed by atoms with Crippen molar-refractivity contribution in [1.29, 1.82) is 0 Å². The van der Waals surface area contributed by atoms with Gasteiger partial charge < -0.3 is 14.8 Å². The average molecular weight is 561 g/mol. The molecule has 4 aromatic carbocycles. The van der Waals surface area contributed by atoms with E-state index in [2.05, 4.69) is 15.4 Å². The molecule has 1 N–H and O–H groups in total. The fraction of sp³-hybridized carbons (Fsp3) is 0.176. The Labute approximate surface area is 245 Å². The van der Waals surface area contributed by atoms with Crippen molar-refractivity contribution < 1.29 is 19.1 Å². The summed E-state index contributed by atoms with van der Waals surface area (Å²) in [5.74, 6) is 1.68. The fourth-order valence-corrected chi connectivity index (χ4v) is 4.62. The molecule has 1 aromatic heterocycles. The Balaban J connectivity index is 1.21. The number of hydrogen-bond donors (Lipinski definition) is 1. The molecule has 212 valence electrons. The molecule has 0 spiro atoms. The number of nitrogens with zero attached hydrogens (tertiary/aromatic N) is 3. The number of ether oxygens (including phenoxy) is 2. The van der Waals surface area contributed by atoms with E-state index in [0.29, 0.717) is 48.0 Å². The number of carbonyl (C=O) groups excluding carboxylic acids is 2. The van der Waals surface area contributed by atoms with Gasteiger partial charge in [-0.15, -0.1) is 0 Å². The summed E-state index contributed by atoms with van der Waals surface area (Å²) in [4.78, 5) is 30.5. The van der Waals surface area contributed by atoms with Crippen LogP contribution in [0.4, 0.5) is 5.69 Å². The molecule has 0 radical (unpaired) electrons. The van der Waals surface area contributed by atoms with Crippen molar-refractivity contribution >= 4 is 17.4 Å². The summed E-state index contributed by atoms with van der Waals surface area (Å²) in [5.41, 5.74) is 3.52. The molecule has 42 heavy (non-hydrogen) atoms. The highest BCUT2D eigenvalue weighted by atomic mass is 16.5. The number of rotatable bonds is 12. The van der Waals surface area contributed by atoms with Crippen molar-refractivity contribution in [3.63, 3.8) is 0 Å². The van der Waals surface area contributed by atoms with E-state index in [1.807, 2.05) is 90.5 Å². The number of benzene rings is 4. The zero-order chi connectivity index (χ0) is 29.3. The summed E-state index contributed by atoms with van der Waals surface area (Å²) in [5, 5.41) is 7.85. The third-order valence-corrected chi connectivity index (χ3v) is 6.85. The zero-order valence-electron chi connectivity index (χ0n) is 23.6. The molecule has 0 aliphatic rings. The van der Waals surface area contributed by atoms with Gasteiger partial charge in [0.05, 0.1) is 13.7 Å². The van der Waals surface area contributed by atoms with Gasteiger partial charge in [0, 0.05) is 28.8 Å². The Hall–Kier alpha value is -5.24. The normalized spacial score (nSPS) is 11.5. The van der Waals surface area contributed by atoms with Crippen molar-refractivity contribution in [1.82, 2.24) is 14.8 Å². The Morgan fingerprint density at radius 3 is 2.24 bits per heavy atom. The molecule has 0 fully saturated rings. The number of anilines is 1. The van der Waals surface area contributed by atoms with E-state index in [1.54, 1.807) is 30.3 Å². The maximum Gasteiger partial charge on any atom is 0.328 e. The number of aryl methyl sites for hydroxylation is 1. The summed E-state index contributed by atoms with van der Waals surface area (Å²) in [7, 11) is 1.36. The van der Waals surface area contributed by atoms with E-state index in [4.69, 9.17) is 9.47 Å². The minimum absolute atomic E-state index is 0.124. The standard InChI is InChI=1S/C34H32N4O4/c1-24-35-33(27-13-7-4-8-14-27)37-38(24)21-22-42-28-19-17-25(18-20-28)23-31(34(40)41-2)36-30-16-10-9-15-29(30)32(39)26-11-5-3-6-12-26/h3-20,31,36H,21-23H2,1-2H3/t31-/m0/s1. The molecule has 5 aromatic rings. The molecule has 8 heteroatoms. The lowest BCUT2D eigenvalue weighted by molar-refractivity contribution is -0.141. The lowest BCUT2D eigenvalue weighted by atomic mass is 10.00. The molecule has 0 aliphatic carbocycles. The second kappa shape index (κ2) is 13.4. The van der Waals surface area contributed by atoms with E-state index in [0.717, 1.165) is 17.0 Å². The first kappa shape index (κ1) is 28.3. The number of esters is 1. The lowest BCUT2D eigenvalue weighted by Gasteiger charge is -2.20. The molecule has 0 amide bonds. The van der Waals surface area contributed by atoms with Crippen LogP contribution in [0.1, 0.15) is 27.3 Å². The van der Waals surface area contributed by atoms with Crippen LogP contribution in [0.15, 0.2) is 109 Å². The van der Waals surface area contributed by atoms with Crippen LogP contribution in [0, 0.1) is 6.92 Å². The smallest absolute Gasteiger partial charge is 0.328 e. The van der Waals surface area contributed by atoms with Gasteiger partial charge in [-0.1, -0.05) is 84.9 Å². The van der Waals surface area contributed by atoms with E-state index < -0.39 is 12.0 Å². The van der Waals surface area contributed by atoms with Crippen LogP contribution in [0.5, 0.6) is 5.75 Å². The van der Waals surface area contributed by atoms with Crippen molar-refractivity contribution in [2.45, 2.75) is 25.9 Å². The molecule has 8 nitrogen and oxygen atoms in total. The zero-order valence-corrected chi connectivity index (χ0v) is 23.6. The van der Waals surface area contributed by atoms with Crippen molar-refractivity contribution in [2.24, 2.45) is 0 Å². The number of aromatic nitrogens is 3. The van der Waals surface area contributed by atoms with Crippen LogP contribution in [-0.2, 0) is 22.5 Å². The molecule has 5 rings (SSSR count). The Morgan fingerprint density at radius 2 is 1.52 bits per heavy atom. The molecule has 0 unspecified atom stereocenters. The van der Waals surface area contributed by atoms with Gasteiger partial charge in [-0.05, 0) is 36.8 Å². The molecule has 0 bridgehead atoms.